The van der Waals surface area contributed by atoms with Gasteiger partial charge in [-0.3, -0.25) is 0 Å². The zero-order valence-corrected chi connectivity index (χ0v) is 12.4. The molecule has 1 heterocycles. The van der Waals surface area contributed by atoms with E-state index in [1.807, 2.05) is 0 Å². The molecule has 0 saturated heterocycles. The summed E-state index contributed by atoms with van der Waals surface area (Å²) in [4.78, 5) is 16.1. The third-order valence-electron chi connectivity index (χ3n) is 3.46. The quantitative estimate of drug-likeness (QED) is 0.709. The van der Waals surface area contributed by atoms with Crippen molar-refractivity contribution in [2.75, 3.05) is 18.5 Å². The zero-order chi connectivity index (χ0) is 16.2. The molecule has 23 heavy (non-hydrogen) atoms. The summed E-state index contributed by atoms with van der Waals surface area (Å²) in [5.41, 5.74) is 0.709. The van der Waals surface area contributed by atoms with Crippen LogP contribution in [-0.4, -0.2) is 34.4 Å². The summed E-state index contributed by atoms with van der Waals surface area (Å²) in [6.45, 7) is 0.333. The Bertz CT molecular complexity index is 700. The molecule has 2 amide bonds. The SMILES string of the molecule is O=C(NCCCO)Nc1ccc(F)cc1-c1nc(C2CC2)no1. The number of hydrogen-bond donors (Lipinski definition) is 3. The van der Waals surface area contributed by atoms with E-state index in [9.17, 15) is 9.18 Å². The average molecular weight is 320 g/mol. The van der Waals surface area contributed by atoms with Crippen LogP contribution < -0.4 is 10.6 Å². The van der Waals surface area contributed by atoms with Crippen molar-refractivity contribution in [2.24, 2.45) is 0 Å². The van der Waals surface area contributed by atoms with Crippen molar-refractivity contribution in [1.82, 2.24) is 15.5 Å². The lowest BCUT2D eigenvalue weighted by Crippen LogP contribution is -2.30. The van der Waals surface area contributed by atoms with E-state index >= 15 is 0 Å². The van der Waals surface area contributed by atoms with Crippen LogP contribution in [0.5, 0.6) is 0 Å². The molecular weight excluding hydrogens is 303 g/mol. The number of anilines is 1. The highest BCUT2D eigenvalue weighted by Crippen LogP contribution is 2.39. The molecule has 8 heteroatoms. The molecule has 122 valence electrons. The van der Waals surface area contributed by atoms with E-state index in [-0.39, 0.29) is 12.5 Å². The van der Waals surface area contributed by atoms with Gasteiger partial charge in [-0.25, -0.2) is 9.18 Å². The predicted molar refractivity (Wildman–Crippen MR) is 80.4 cm³/mol. The first kappa shape index (κ1) is 15.4. The van der Waals surface area contributed by atoms with Gasteiger partial charge in [-0.1, -0.05) is 5.16 Å². The molecule has 1 aromatic carbocycles. The second-order valence-corrected chi connectivity index (χ2v) is 5.38. The Morgan fingerprint density at radius 1 is 1.43 bits per heavy atom. The van der Waals surface area contributed by atoms with Crippen molar-refractivity contribution < 1.29 is 18.8 Å². The number of halogens is 1. The number of amides is 2. The summed E-state index contributed by atoms with van der Waals surface area (Å²) in [6, 6.07) is 3.48. The number of aromatic nitrogens is 2. The number of benzene rings is 1. The molecule has 3 N–H and O–H groups in total. The van der Waals surface area contributed by atoms with Crippen molar-refractivity contribution in [3.8, 4) is 11.5 Å². The Hall–Kier alpha value is -2.48. The molecule has 1 aliphatic carbocycles. The molecule has 1 aromatic heterocycles. The molecule has 0 radical (unpaired) electrons. The Balaban J connectivity index is 1.78. The first-order valence-electron chi connectivity index (χ1n) is 7.46. The Labute approximate surface area is 131 Å². The highest BCUT2D eigenvalue weighted by atomic mass is 19.1. The van der Waals surface area contributed by atoms with Crippen LogP contribution in [0.2, 0.25) is 0 Å². The molecule has 2 aromatic rings. The minimum Gasteiger partial charge on any atom is -0.396 e. The van der Waals surface area contributed by atoms with E-state index in [4.69, 9.17) is 9.63 Å². The summed E-state index contributed by atoms with van der Waals surface area (Å²) < 4.78 is 18.7. The maximum absolute atomic E-state index is 13.6. The molecule has 1 aliphatic rings. The smallest absolute Gasteiger partial charge is 0.319 e. The van der Waals surface area contributed by atoms with Gasteiger partial charge in [0.05, 0.1) is 11.3 Å². The number of aliphatic hydroxyl groups is 1. The zero-order valence-electron chi connectivity index (χ0n) is 12.4. The molecule has 0 atom stereocenters. The van der Waals surface area contributed by atoms with E-state index in [1.54, 1.807) is 0 Å². The molecule has 0 unspecified atom stereocenters. The summed E-state index contributed by atoms with van der Waals surface area (Å²) in [6.07, 6.45) is 2.51. The number of aliphatic hydroxyl groups excluding tert-OH is 1. The molecular formula is C15H17FN4O3. The highest BCUT2D eigenvalue weighted by Gasteiger charge is 2.29. The lowest BCUT2D eigenvalue weighted by atomic mass is 10.1. The van der Waals surface area contributed by atoms with E-state index in [1.165, 1.54) is 18.2 Å². The second kappa shape index (κ2) is 6.74. The number of urea groups is 1. The maximum Gasteiger partial charge on any atom is 0.319 e. The summed E-state index contributed by atoms with van der Waals surface area (Å²) >= 11 is 0. The van der Waals surface area contributed by atoms with Crippen molar-refractivity contribution in [3.63, 3.8) is 0 Å². The number of rotatable bonds is 6. The van der Waals surface area contributed by atoms with Gasteiger partial charge in [0.25, 0.3) is 5.89 Å². The Kier molecular flexibility index (Phi) is 4.52. The number of hydrogen-bond acceptors (Lipinski definition) is 5. The number of nitrogens with zero attached hydrogens (tertiary/aromatic N) is 2. The largest absolute Gasteiger partial charge is 0.396 e. The Morgan fingerprint density at radius 3 is 3.00 bits per heavy atom. The fraction of sp³-hybridized carbons (Fsp3) is 0.400. The fourth-order valence-electron chi connectivity index (χ4n) is 2.10. The third-order valence-corrected chi connectivity index (χ3v) is 3.46. The summed E-state index contributed by atoms with van der Waals surface area (Å²) in [5, 5.41) is 17.8. The first-order chi connectivity index (χ1) is 11.2. The average Bonchev–Trinajstić information content (AvgIpc) is 3.27. The molecule has 0 aliphatic heterocycles. The van der Waals surface area contributed by atoms with Crippen LogP contribution in [0.25, 0.3) is 11.5 Å². The van der Waals surface area contributed by atoms with Crippen LogP contribution in [0, 0.1) is 5.82 Å². The Morgan fingerprint density at radius 2 is 2.26 bits per heavy atom. The van der Waals surface area contributed by atoms with E-state index in [0.29, 0.717) is 36.0 Å². The molecule has 3 rings (SSSR count). The number of carbonyl (C=O) groups excluding carboxylic acids is 1. The molecule has 7 nitrogen and oxygen atoms in total. The maximum atomic E-state index is 13.6. The lowest BCUT2D eigenvalue weighted by Gasteiger charge is -2.09. The summed E-state index contributed by atoms with van der Waals surface area (Å²) in [5.74, 6) is 0.649. The minimum atomic E-state index is -0.461. The van der Waals surface area contributed by atoms with Gasteiger partial charge in [0.15, 0.2) is 5.82 Å². The fourth-order valence-corrected chi connectivity index (χ4v) is 2.10. The van der Waals surface area contributed by atoms with Gasteiger partial charge >= 0.3 is 6.03 Å². The molecule has 1 saturated carbocycles. The van der Waals surface area contributed by atoms with E-state index in [2.05, 4.69) is 20.8 Å². The van der Waals surface area contributed by atoms with Gasteiger partial charge in [-0.05, 0) is 37.5 Å². The van der Waals surface area contributed by atoms with Crippen LogP contribution >= 0.6 is 0 Å². The standard InChI is InChI=1S/C15H17FN4O3/c16-10-4-5-12(18-15(22)17-6-1-7-21)11(8-10)14-19-13(20-23-14)9-2-3-9/h4-5,8-9,21H,1-3,6-7H2,(H2,17,18,22). The molecule has 0 bridgehead atoms. The normalized spacial score (nSPS) is 13.8. The highest BCUT2D eigenvalue weighted by molar-refractivity contribution is 5.93. The minimum absolute atomic E-state index is 0.00595. The summed E-state index contributed by atoms with van der Waals surface area (Å²) in [7, 11) is 0. The monoisotopic (exact) mass is 320 g/mol. The second-order valence-electron chi connectivity index (χ2n) is 5.38. The van der Waals surface area contributed by atoms with Gasteiger partial charge < -0.3 is 20.3 Å². The van der Waals surface area contributed by atoms with Gasteiger partial charge in [-0.15, -0.1) is 0 Å². The van der Waals surface area contributed by atoms with Crippen LogP contribution in [0.15, 0.2) is 22.7 Å². The molecule has 1 fully saturated rings. The van der Waals surface area contributed by atoms with Gasteiger partial charge in [0.2, 0.25) is 0 Å². The topological polar surface area (TPSA) is 100 Å². The van der Waals surface area contributed by atoms with Gasteiger partial charge in [0.1, 0.15) is 5.82 Å². The van der Waals surface area contributed by atoms with E-state index < -0.39 is 11.8 Å². The van der Waals surface area contributed by atoms with Crippen LogP contribution in [0.4, 0.5) is 14.9 Å². The molecule has 0 spiro atoms. The van der Waals surface area contributed by atoms with Crippen molar-refractivity contribution in [1.29, 1.82) is 0 Å². The van der Waals surface area contributed by atoms with Crippen molar-refractivity contribution >= 4 is 11.7 Å². The first-order valence-corrected chi connectivity index (χ1v) is 7.46. The number of carbonyl (C=O) groups is 1. The van der Waals surface area contributed by atoms with Crippen molar-refractivity contribution in [3.05, 3.63) is 29.8 Å². The van der Waals surface area contributed by atoms with E-state index in [0.717, 1.165) is 12.8 Å². The van der Waals surface area contributed by atoms with Crippen LogP contribution in [0.3, 0.4) is 0 Å². The lowest BCUT2D eigenvalue weighted by molar-refractivity contribution is 0.249. The van der Waals surface area contributed by atoms with Crippen molar-refractivity contribution in [2.45, 2.75) is 25.2 Å². The number of nitrogens with one attached hydrogen (secondary N) is 2. The van der Waals surface area contributed by atoms with Crippen LogP contribution in [-0.2, 0) is 0 Å². The van der Waals surface area contributed by atoms with Gasteiger partial charge in [-0.2, -0.15) is 4.98 Å². The third kappa shape index (κ3) is 3.84. The van der Waals surface area contributed by atoms with Gasteiger partial charge in [0, 0.05) is 19.1 Å². The predicted octanol–water partition coefficient (Wildman–Crippen LogP) is 2.26. The van der Waals surface area contributed by atoms with Crippen LogP contribution in [0.1, 0.15) is 31.0 Å².